The van der Waals surface area contributed by atoms with Crippen molar-refractivity contribution in [1.82, 2.24) is 0 Å². The number of rotatable bonds is 8. The molecule has 0 aliphatic rings. The summed E-state index contributed by atoms with van der Waals surface area (Å²) in [6.07, 6.45) is -0.747. The van der Waals surface area contributed by atoms with E-state index in [4.69, 9.17) is 20.4 Å². The third-order valence-electron chi connectivity index (χ3n) is 1.74. The Morgan fingerprint density at radius 1 is 1.10 bits per heavy atom. The van der Waals surface area contributed by atoms with Crippen LogP contribution in [0.2, 0.25) is 0 Å². The molecule has 1 unspecified atom stereocenters. The third kappa shape index (κ3) is 10.00. The van der Waals surface area contributed by atoms with Crippen LogP contribution in [-0.2, 0) is 19.1 Å². The second-order valence-corrected chi connectivity index (χ2v) is 3.50. The summed E-state index contributed by atoms with van der Waals surface area (Å²) in [5.41, 5.74) is -2.65. The highest BCUT2D eigenvalue weighted by molar-refractivity contribution is 5.88. The number of esters is 1. The fraction of sp³-hybridized carbons (Fsp3) is 0.545. The van der Waals surface area contributed by atoms with Gasteiger partial charge in [0.25, 0.3) is 0 Å². The first-order valence-electron chi connectivity index (χ1n) is 5.39. The summed E-state index contributed by atoms with van der Waals surface area (Å²) in [4.78, 5) is 32.0. The fourth-order valence-electron chi connectivity index (χ4n) is 0.906. The Labute approximate surface area is 114 Å². The average molecular weight is 294 g/mol. The maximum atomic E-state index is 11.0. The summed E-state index contributed by atoms with van der Waals surface area (Å²) >= 11 is 0. The van der Waals surface area contributed by atoms with Crippen LogP contribution in [0.4, 0.5) is 0 Å². The van der Waals surface area contributed by atoms with Crippen molar-refractivity contribution in [3.05, 3.63) is 12.7 Å². The number of hydrogen-bond donors (Lipinski definition) is 5. The Bertz CT molecular complexity index is 337. The molecule has 5 N–H and O–H groups in total. The third-order valence-corrected chi connectivity index (χ3v) is 1.74. The second-order valence-electron chi connectivity index (χ2n) is 3.50. The Hall–Kier alpha value is -1.97. The highest BCUT2D eigenvalue weighted by atomic mass is 16.5. The zero-order valence-electron chi connectivity index (χ0n) is 10.7. The van der Waals surface area contributed by atoms with E-state index in [2.05, 4.69) is 11.3 Å². The maximum Gasteiger partial charge on any atom is 0.336 e. The van der Waals surface area contributed by atoms with E-state index in [0.29, 0.717) is 0 Å². The zero-order valence-corrected chi connectivity index (χ0v) is 10.7. The molecule has 0 rings (SSSR count). The molecule has 0 heterocycles. The van der Waals surface area contributed by atoms with E-state index in [-0.39, 0.29) is 19.8 Å². The van der Waals surface area contributed by atoms with Gasteiger partial charge in [-0.05, 0) is 0 Å². The van der Waals surface area contributed by atoms with Gasteiger partial charge in [0, 0.05) is 0 Å². The minimum atomic E-state index is -2.65. The standard InChI is InChI=1S/C9H12O7.C2H6O2/c1-2-3-16-7(12)5-9(15,8(13)14)4-6(10)11;3-1-2-4/h2,15H,1,3-5H2,(H,10,11)(H,13,14);3-4H,1-2H2. The molecule has 0 saturated heterocycles. The number of aliphatic hydroxyl groups is 3. The van der Waals surface area contributed by atoms with E-state index >= 15 is 0 Å². The monoisotopic (exact) mass is 294 g/mol. The molecular weight excluding hydrogens is 276 g/mol. The molecule has 20 heavy (non-hydrogen) atoms. The van der Waals surface area contributed by atoms with E-state index < -0.39 is 36.4 Å². The van der Waals surface area contributed by atoms with Gasteiger partial charge in [-0.2, -0.15) is 0 Å². The van der Waals surface area contributed by atoms with Gasteiger partial charge in [0.2, 0.25) is 0 Å². The summed E-state index contributed by atoms with van der Waals surface area (Å²) in [6, 6.07) is 0. The van der Waals surface area contributed by atoms with Crippen LogP contribution < -0.4 is 0 Å². The van der Waals surface area contributed by atoms with Crippen molar-refractivity contribution in [2.75, 3.05) is 19.8 Å². The highest BCUT2D eigenvalue weighted by Crippen LogP contribution is 2.16. The second kappa shape index (κ2) is 10.9. The normalized spacial score (nSPS) is 12.3. The minimum Gasteiger partial charge on any atom is -0.481 e. The van der Waals surface area contributed by atoms with Crippen molar-refractivity contribution >= 4 is 17.9 Å². The Morgan fingerprint density at radius 3 is 1.90 bits per heavy atom. The smallest absolute Gasteiger partial charge is 0.336 e. The van der Waals surface area contributed by atoms with Crippen LogP contribution in [0.25, 0.3) is 0 Å². The van der Waals surface area contributed by atoms with Crippen LogP contribution in [0.1, 0.15) is 12.8 Å². The van der Waals surface area contributed by atoms with Crippen LogP contribution >= 0.6 is 0 Å². The number of carbonyl (C=O) groups excluding carboxylic acids is 1. The van der Waals surface area contributed by atoms with Gasteiger partial charge in [0.15, 0.2) is 5.60 Å². The van der Waals surface area contributed by atoms with Crippen LogP contribution in [0.5, 0.6) is 0 Å². The Balaban J connectivity index is 0. The molecule has 0 aromatic heterocycles. The predicted octanol–water partition coefficient (Wildman–Crippen LogP) is -1.63. The summed E-state index contributed by atoms with van der Waals surface area (Å²) in [5.74, 6) is -4.32. The molecule has 0 aliphatic heterocycles. The first kappa shape index (κ1) is 20.3. The van der Waals surface area contributed by atoms with Gasteiger partial charge in [-0.3, -0.25) is 9.59 Å². The van der Waals surface area contributed by atoms with Crippen molar-refractivity contribution < 1.29 is 44.7 Å². The van der Waals surface area contributed by atoms with Crippen LogP contribution in [0.3, 0.4) is 0 Å². The van der Waals surface area contributed by atoms with Gasteiger partial charge in [-0.1, -0.05) is 12.7 Å². The molecule has 116 valence electrons. The summed E-state index contributed by atoms with van der Waals surface area (Å²) in [6.45, 7) is 2.88. The number of carboxylic acids is 2. The molecular formula is C11H18O9. The van der Waals surface area contributed by atoms with Gasteiger partial charge < -0.3 is 30.3 Å². The van der Waals surface area contributed by atoms with Gasteiger partial charge >= 0.3 is 17.9 Å². The highest BCUT2D eigenvalue weighted by Gasteiger charge is 2.41. The molecule has 9 heteroatoms. The number of carbonyl (C=O) groups is 3. The minimum absolute atomic E-state index is 0.125. The first-order valence-corrected chi connectivity index (χ1v) is 5.39. The lowest BCUT2D eigenvalue weighted by atomic mass is 9.96. The van der Waals surface area contributed by atoms with E-state index in [0.717, 1.165) is 0 Å². The zero-order chi connectivity index (χ0) is 16.2. The van der Waals surface area contributed by atoms with Crippen molar-refractivity contribution in [1.29, 1.82) is 0 Å². The maximum absolute atomic E-state index is 11.0. The van der Waals surface area contributed by atoms with Gasteiger partial charge in [0.05, 0.1) is 26.1 Å². The molecule has 0 radical (unpaired) electrons. The molecule has 0 amide bonds. The average Bonchev–Trinajstić information content (AvgIpc) is 2.35. The van der Waals surface area contributed by atoms with Crippen LogP contribution in [-0.4, -0.2) is 68.9 Å². The van der Waals surface area contributed by atoms with Crippen LogP contribution in [0, 0.1) is 0 Å². The summed E-state index contributed by atoms with van der Waals surface area (Å²) < 4.78 is 4.45. The Kier molecular flexibility index (Phi) is 11.1. The van der Waals surface area contributed by atoms with E-state index in [9.17, 15) is 19.5 Å². The fourth-order valence-corrected chi connectivity index (χ4v) is 0.906. The lowest BCUT2D eigenvalue weighted by Crippen LogP contribution is -2.43. The SMILES string of the molecule is C=CCOC(=O)CC(O)(CC(=O)O)C(=O)O.OCCO. The molecule has 1 atom stereocenters. The predicted molar refractivity (Wildman–Crippen MR) is 64.8 cm³/mol. The Morgan fingerprint density at radius 2 is 1.60 bits per heavy atom. The van der Waals surface area contributed by atoms with Crippen LogP contribution in [0.15, 0.2) is 12.7 Å². The molecule has 0 aliphatic carbocycles. The van der Waals surface area contributed by atoms with Crippen molar-refractivity contribution in [2.24, 2.45) is 0 Å². The molecule has 0 saturated carbocycles. The number of aliphatic carboxylic acids is 2. The lowest BCUT2D eigenvalue weighted by molar-refractivity contribution is -0.171. The van der Waals surface area contributed by atoms with Gasteiger partial charge in [0.1, 0.15) is 6.61 Å². The van der Waals surface area contributed by atoms with Crippen molar-refractivity contribution in [3.8, 4) is 0 Å². The number of ether oxygens (including phenoxy) is 1. The largest absolute Gasteiger partial charge is 0.481 e. The summed E-state index contributed by atoms with van der Waals surface area (Å²) in [5, 5.41) is 41.7. The first-order chi connectivity index (χ1) is 9.23. The molecule has 9 nitrogen and oxygen atoms in total. The van der Waals surface area contributed by atoms with E-state index in [1.807, 2.05) is 0 Å². The lowest BCUT2D eigenvalue weighted by Gasteiger charge is -2.19. The van der Waals surface area contributed by atoms with E-state index in [1.54, 1.807) is 0 Å². The quantitative estimate of drug-likeness (QED) is 0.261. The molecule has 0 spiro atoms. The van der Waals surface area contributed by atoms with Gasteiger partial charge in [-0.25, -0.2) is 4.79 Å². The molecule has 0 bridgehead atoms. The van der Waals surface area contributed by atoms with Gasteiger partial charge in [-0.15, -0.1) is 0 Å². The van der Waals surface area contributed by atoms with Crippen molar-refractivity contribution in [3.63, 3.8) is 0 Å². The van der Waals surface area contributed by atoms with Crippen molar-refractivity contribution in [2.45, 2.75) is 18.4 Å². The molecule has 0 aromatic carbocycles. The number of aliphatic hydroxyl groups excluding tert-OH is 2. The summed E-state index contributed by atoms with van der Waals surface area (Å²) in [7, 11) is 0. The topological polar surface area (TPSA) is 162 Å². The number of hydrogen-bond acceptors (Lipinski definition) is 7. The van der Waals surface area contributed by atoms with E-state index in [1.165, 1.54) is 6.08 Å². The molecule has 0 fully saturated rings. The molecule has 0 aromatic rings. The number of carboxylic acid groups (broad SMARTS) is 2.